The Hall–Kier alpha value is -1.25. The number of Topliss-reactive ketones (excluding diaryl/α,β-unsaturated/α-hetero) is 1. The number of hydrogen-bond acceptors (Lipinski definition) is 3. The zero-order chi connectivity index (χ0) is 8.97. The van der Waals surface area contributed by atoms with Crippen LogP contribution >= 0.6 is 0 Å². The van der Waals surface area contributed by atoms with E-state index in [4.69, 9.17) is 0 Å². The molecule has 1 heterocycles. The lowest BCUT2D eigenvalue weighted by Crippen LogP contribution is -2.10. The standard InChI is InChI=1S/C9H12N2O/c1-3-7(2)9(12)8-4-10-6-11-5-8/h4-7H,3H2,1-2H3. The third-order valence-corrected chi connectivity index (χ3v) is 1.91. The molecule has 0 N–H and O–H groups in total. The quantitative estimate of drug-likeness (QED) is 0.638. The van der Waals surface area contributed by atoms with Gasteiger partial charge >= 0.3 is 0 Å². The zero-order valence-electron chi connectivity index (χ0n) is 7.32. The molecule has 1 aromatic rings. The van der Waals surface area contributed by atoms with Crippen LogP contribution in [0.3, 0.4) is 0 Å². The number of rotatable bonds is 3. The normalized spacial score (nSPS) is 12.5. The molecule has 0 aromatic carbocycles. The van der Waals surface area contributed by atoms with Crippen LogP contribution in [0.5, 0.6) is 0 Å². The summed E-state index contributed by atoms with van der Waals surface area (Å²) in [6.45, 7) is 3.90. The fourth-order valence-electron chi connectivity index (χ4n) is 0.896. The van der Waals surface area contributed by atoms with Crippen molar-refractivity contribution in [2.75, 3.05) is 0 Å². The first kappa shape index (κ1) is 8.84. The molecular formula is C9H12N2O. The number of nitrogens with zero attached hydrogens (tertiary/aromatic N) is 2. The van der Waals surface area contributed by atoms with E-state index in [0.29, 0.717) is 5.56 Å². The molecule has 12 heavy (non-hydrogen) atoms. The molecule has 0 saturated heterocycles. The second-order valence-corrected chi connectivity index (χ2v) is 2.80. The highest BCUT2D eigenvalue weighted by Gasteiger charge is 2.12. The first-order valence-electron chi connectivity index (χ1n) is 4.05. The van der Waals surface area contributed by atoms with E-state index >= 15 is 0 Å². The van der Waals surface area contributed by atoms with Crippen molar-refractivity contribution in [1.82, 2.24) is 9.97 Å². The van der Waals surface area contributed by atoms with Gasteiger partial charge in [0.15, 0.2) is 5.78 Å². The first-order valence-corrected chi connectivity index (χ1v) is 4.05. The van der Waals surface area contributed by atoms with Crippen LogP contribution in [-0.2, 0) is 0 Å². The van der Waals surface area contributed by atoms with Crippen molar-refractivity contribution in [3.05, 3.63) is 24.3 Å². The van der Waals surface area contributed by atoms with Gasteiger partial charge in [-0.2, -0.15) is 0 Å². The molecule has 64 valence electrons. The molecule has 3 heteroatoms. The van der Waals surface area contributed by atoms with Crippen LogP contribution in [0.1, 0.15) is 30.6 Å². The number of carbonyl (C=O) groups is 1. The van der Waals surface area contributed by atoms with Gasteiger partial charge in [-0.25, -0.2) is 9.97 Å². The van der Waals surface area contributed by atoms with Crippen molar-refractivity contribution in [2.45, 2.75) is 20.3 Å². The number of carbonyl (C=O) groups excluding carboxylic acids is 1. The lowest BCUT2D eigenvalue weighted by molar-refractivity contribution is 0.0926. The van der Waals surface area contributed by atoms with E-state index in [1.807, 2.05) is 13.8 Å². The Morgan fingerprint density at radius 3 is 2.58 bits per heavy atom. The summed E-state index contributed by atoms with van der Waals surface area (Å²) >= 11 is 0. The minimum Gasteiger partial charge on any atom is -0.294 e. The van der Waals surface area contributed by atoms with Crippen LogP contribution in [0.15, 0.2) is 18.7 Å². The fraction of sp³-hybridized carbons (Fsp3) is 0.444. The summed E-state index contributed by atoms with van der Waals surface area (Å²) in [5.41, 5.74) is 0.604. The zero-order valence-corrected chi connectivity index (χ0v) is 7.32. The molecule has 1 rings (SSSR count). The molecule has 1 aromatic heterocycles. The van der Waals surface area contributed by atoms with Gasteiger partial charge in [-0.05, 0) is 6.42 Å². The van der Waals surface area contributed by atoms with Crippen LogP contribution < -0.4 is 0 Å². The topological polar surface area (TPSA) is 42.9 Å². The average Bonchev–Trinajstić information content (AvgIpc) is 2.17. The van der Waals surface area contributed by atoms with Gasteiger partial charge in [0.2, 0.25) is 0 Å². The van der Waals surface area contributed by atoms with Crippen molar-refractivity contribution >= 4 is 5.78 Å². The van der Waals surface area contributed by atoms with E-state index < -0.39 is 0 Å². The Bertz CT molecular complexity index is 258. The number of ketones is 1. The summed E-state index contributed by atoms with van der Waals surface area (Å²) in [6, 6.07) is 0. The van der Waals surface area contributed by atoms with Gasteiger partial charge in [-0.1, -0.05) is 13.8 Å². The maximum Gasteiger partial charge on any atom is 0.168 e. The van der Waals surface area contributed by atoms with Crippen molar-refractivity contribution in [3.8, 4) is 0 Å². The smallest absolute Gasteiger partial charge is 0.168 e. The SMILES string of the molecule is CCC(C)C(=O)c1cncnc1. The molecular weight excluding hydrogens is 152 g/mol. The Labute approximate surface area is 71.9 Å². The summed E-state index contributed by atoms with van der Waals surface area (Å²) in [5.74, 6) is 0.189. The van der Waals surface area contributed by atoms with E-state index in [1.54, 1.807) is 12.4 Å². The van der Waals surface area contributed by atoms with Gasteiger partial charge in [0.1, 0.15) is 6.33 Å². The number of hydrogen-bond donors (Lipinski definition) is 0. The van der Waals surface area contributed by atoms with Gasteiger partial charge in [0.05, 0.1) is 5.56 Å². The van der Waals surface area contributed by atoms with Gasteiger partial charge in [0.25, 0.3) is 0 Å². The largest absolute Gasteiger partial charge is 0.294 e. The van der Waals surface area contributed by atoms with Crippen LogP contribution in [0.2, 0.25) is 0 Å². The molecule has 0 amide bonds. The minimum atomic E-state index is 0.0657. The molecule has 0 aliphatic rings. The molecule has 1 unspecified atom stereocenters. The monoisotopic (exact) mass is 164 g/mol. The van der Waals surface area contributed by atoms with Crippen molar-refractivity contribution in [2.24, 2.45) is 5.92 Å². The highest BCUT2D eigenvalue weighted by Crippen LogP contribution is 2.08. The molecule has 1 atom stereocenters. The summed E-state index contributed by atoms with van der Waals surface area (Å²) in [5, 5.41) is 0. The van der Waals surface area contributed by atoms with E-state index in [9.17, 15) is 4.79 Å². The summed E-state index contributed by atoms with van der Waals surface area (Å²) in [4.78, 5) is 19.1. The van der Waals surface area contributed by atoms with Crippen molar-refractivity contribution in [3.63, 3.8) is 0 Å². The maximum absolute atomic E-state index is 11.5. The van der Waals surface area contributed by atoms with Gasteiger partial charge in [-0.15, -0.1) is 0 Å². The molecule has 0 bridgehead atoms. The van der Waals surface area contributed by atoms with Gasteiger partial charge < -0.3 is 0 Å². The van der Waals surface area contributed by atoms with E-state index in [0.717, 1.165) is 6.42 Å². The molecule has 0 radical (unpaired) electrons. The Kier molecular flexibility index (Phi) is 2.91. The highest BCUT2D eigenvalue weighted by molar-refractivity contribution is 5.96. The van der Waals surface area contributed by atoms with E-state index in [2.05, 4.69) is 9.97 Å². The Morgan fingerprint density at radius 2 is 2.08 bits per heavy atom. The predicted octanol–water partition coefficient (Wildman–Crippen LogP) is 1.71. The van der Waals surface area contributed by atoms with Gasteiger partial charge in [0, 0.05) is 18.3 Å². The first-order chi connectivity index (χ1) is 5.75. The average molecular weight is 164 g/mol. The summed E-state index contributed by atoms with van der Waals surface area (Å²) in [6.07, 6.45) is 5.39. The van der Waals surface area contributed by atoms with E-state index in [1.165, 1.54) is 6.33 Å². The van der Waals surface area contributed by atoms with Crippen LogP contribution in [-0.4, -0.2) is 15.8 Å². The second-order valence-electron chi connectivity index (χ2n) is 2.80. The maximum atomic E-state index is 11.5. The lowest BCUT2D eigenvalue weighted by atomic mass is 9.99. The number of aromatic nitrogens is 2. The van der Waals surface area contributed by atoms with E-state index in [-0.39, 0.29) is 11.7 Å². The third kappa shape index (κ3) is 1.87. The summed E-state index contributed by atoms with van der Waals surface area (Å²) < 4.78 is 0. The minimum absolute atomic E-state index is 0.0657. The molecule has 0 spiro atoms. The molecule has 0 aliphatic heterocycles. The molecule has 0 saturated carbocycles. The third-order valence-electron chi connectivity index (χ3n) is 1.91. The fourth-order valence-corrected chi connectivity index (χ4v) is 0.896. The highest BCUT2D eigenvalue weighted by atomic mass is 16.1. The second kappa shape index (κ2) is 3.95. The van der Waals surface area contributed by atoms with Crippen LogP contribution in [0, 0.1) is 5.92 Å². The molecule has 3 nitrogen and oxygen atoms in total. The van der Waals surface area contributed by atoms with Crippen molar-refractivity contribution < 1.29 is 4.79 Å². The molecule has 0 aliphatic carbocycles. The Morgan fingerprint density at radius 1 is 1.50 bits per heavy atom. The lowest BCUT2D eigenvalue weighted by Gasteiger charge is -2.05. The van der Waals surface area contributed by atoms with Crippen molar-refractivity contribution in [1.29, 1.82) is 0 Å². The summed E-state index contributed by atoms with van der Waals surface area (Å²) in [7, 11) is 0. The van der Waals surface area contributed by atoms with Crippen LogP contribution in [0.25, 0.3) is 0 Å². The van der Waals surface area contributed by atoms with Gasteiger partial charge in [-0.3, -0.25) is 4.79 Å². The molecule has 0 fully saturated rings. The predicted molar refractivity (Wildman–Crippen MR) is 45.8 cm³/mol. The van der Waals surface area contributed by atoms with Crippen LogP contribution in [0.4, 0.5) is 0 Å². The Balaban J connectivity index is 2.79.